The van der Waals surface area contributed by atoms with Gasteiger partial charge in [-0.25, -0.2) is 4.98 Å². The lowest BCUT2D eigenvalue weighted by Gasteiger charge is -2.15. The molecule has 0 saturated carbocycles. The first-order chi connectivity index (χ1) is 12.8. The van der Waals surface area contributed by atoms with E-state index in [1.807, 2.05) is 0 Å². The number of alkyl halides is 6. The average Bonchev–Trinajstić information content (AvgIpc) is 2.76. The molecule has 1 N–H and O–H groups in total. The Kier molecular flexibility index (Phi) is 5.66. The molecule has 28 heavy (non-hydrogen) atoms. The summed E-state index contributed by atoms with van der Waals surface area (Å²) in [5.41, 5.74) is -5.46. The second-order valence-electron chi connectivity index (χ2n) is 5.47. The predicted octanol–water partition coefficient (Wildman–Crippen LogP) is 3.63. The normalized spacial score (nSPS) is 15.3. The highest BCUT2D eigenvalue weighted by atomic mass is 19.4. The molecule has 2 rings (SSSR count). The summed E-state index contributed by atoms with van der Waals surface area (Å²) in [7, 11) is 0. The maximum absolute atomic E-state index is 12.9. The van der Waals surface area contributed by atoms with Gasteiger partial charge in [0.25, 0.3) is 11.3 Å². The number of halogens is 6. The molecular formula is C15H12F6N4O3. The first-order valence-corrected chi connectivity index (χ1v) is 7.64. The van der Waals surface area contributed by atoms with Crippen LogP contribution in [0.15, 0.2) is 46.1 Å². The standard InChI is InChI=1S/C15H12F6N4O3/c1-2-24-12(26)7-11(15(19,20)21)23-13(24)22-9-5-3-4-8(14(16,17)18)6-10(9)25(27)28/h4-7H,2-3H2,1H3,(H,22,23). The molecule has 1 aliphatic carbocycles. The van der Waals surface area contributed by atoms with Crippen LogP contribution in [0.3, 0.4) is 0 Å². The van der Waals surface area contributed by atoms with Gasteiger partial charge in [0.2, 0.25) is 5.95 Å². The number of hydrogen-bond donors (Lipinski definition) is 1. The number of nitrogens with one attached hydrogen (secondary N) is 1. The van der Waals surface area contributed by atoms with Crippen molar-refractivity contribution in [3.63, 3.8) is 0 Å². The Hall–Kier alpha value is -3.12. The zero-order valence-electron chi connectivity index (χ0n) is 14.1. The zero-order valence-corrected chi connectivity index (χ0v) is 14.1. The first kappa shape index (κ1) is 21.2. The molecule has 0 amide bonds. The summed E-state index contributed by atoms with van der Waals surface area (Å²) in [4.78, 5) is 25.3. The lowest BCUT2D eigenvalue weighted by molar-refractivity contribution is -0.420. The van der Waals surface area contributed by atoms with Crippen molar-refractivity contribution in [2.75, 3.05) is 5.32 Å². The van der Waals surface area contributed by atoms with Crippen molar-refractivity contribution >= 4 is 5.95 Å². The van der Waals surface area contributed by atoms with Crippen molar-refractivity contribution in [3.05, 3.63) is 67.4 Å². The SMILES string of the molecule is CCn1c(NC2=CCC=C(C(F)(F)F)C=C2[N+](=O)[O-])nc(C(F)(F)F)cc1=O. The van der Waals surface area contributed by atoms with E-state index in [9.17, 15) is 41.3 Å². The van der Waals surface area contributed by atoms with Gasteiger partial charge in [0.1, 0.15) is 5.70 Å². The molecule has 0 unspecified atom stereocenters. The predicted molar refractivity (Wildman–Crippen MR) is 84.7 cm³/mol. The second-order valence-corrected chi connectivity index (χ2v) is 5.47. The minimum absolute atomic E-state index is 0.136. The minimum atomic E-state index is -4.97. The maximum Gasteiger partial charge on any atom is 0.433 e. The number of nitro groups is 1. The average molecular weight is 410 g/mol. The van der Waals surface area contributed by atoms with Gasteiger partial charge in [-0.15, -0.1) is 0 Å². The summed E-state index contributed by atoms with van der Waals surface area (Å²) in [6.07, 6.45) is -8.28. The third-order valence-corrected chi connectivity index (χ3v) is 3.61. The molecule has 13 heteroatoms. The summed E-state index contributed by atoms with van der Waals surface area (Å²) in [5, 5.41) is 13.4. The van der Waals surface area contributed by atoms with Crippen molar-refractivity contribution in [2.45, 2.75) is 32.2 Å². The molecule has 0 bridgehead atoms. The summed E-state index contributed by atoms with van der Waals surface area (Å²) in [6, 6.07) is 0.254. The second kappa shape index (κ2) is 7.48. The molecule has 1 aliphatic rings. The van der Waals surface area contributed by atoms with Crippen molar-refractivity contribution < 1.29 is 31.3 Å². The number of aromatic nitrogens is 2. The fourth-order valence-electron chi connectivity index (χ4n) is 2.33. The van der Waals surface area contributed by atoms with Gasteiger partial charge in [0.05, 0.1) is 10.5 Å². The Balaban J connectivity index is 2.55. The number of nitrogens with zero attached hydrogens (tertiary/aromatic N) is 3. The molecule has 0 aliphatic heterocycles. The summed E-state index contributed by atoms with van der Waals surface area (Å²) in [6.45, 7) is 1.28. The fourth-order valence-corrected chi connectivity index (χ4v) is 2.33. The molecular weight excluding hydrogens is 398 g/mol. The van der Waals surface area contributed by atoms with Gasteiger partial charge in [0.15, 0.2) is 5.69 Å². The van der Waals surface area contributed by atoms with Gasteiger partial charge in [-0.3, -0.25) is 19.5 Å². The monoisotopic (exact) mass is 410 g/mol. The summed E-state index contributed by atoms with van der Waals surface area (Å²) in [5.74, 6) is -0.684. The summed E-state index contributed by atoms with van der Waals surface area (Å²) < 4.78 is 78.2. The minimum Gasteiger partial charge on any atom is -0.320 e. The Labute approximate surface area is 152 Å². The molecule has 152 valence electrons. The first-order valence-electron chi connectivity index (χ1n) is 7.64. The van der Waals surface area contributed by atoms with E-state index in [-0.39, 0.29) is 25.1 Å². The molecule has 1 aromatic rings. The van der Waals surface area contributed by atoms with E-state index >= 15 is 0 Å². The summed E-state index contributed by atoms with van der Waals surface area (Å²) >= 11 is 0. The largest absolute Gasteiger partial charge is 0.433 e. The van der Waals surface area contributed by atoms with E-state index in [0.717, 1.165) is 10.6 Å². The number of allylic oxidation sites excluding steroid dienone is 4. The van der Waals surface area contributed by atoms with Crippen LogP contribution in [0.25, 0.3) is 0 Å². The molecule has 0 fully saturated rings. The Morgan fingerprint density at radius 3 is 2.36 bits per heavy atom. The van der Waals surface area contributed by atoms with Gasteiger partial charge < -0.3 is 5.32 Å². The molecule has 0 aromatic carbocycles. The lowest BCUT2D eigenvalue weighted by Crippen LogP contribution is -2.27. The van der Waals surface area contributed by atoms with Crippen molar-refractivity contribution in [2.24, 2.45) is 0 Å². The zero-order chi connectivity index (χ0) is 21.3. The van der Waals surface area contributed by atoms with E-state index in [0.29, 0.717) is 6.08 Å². The van der Waals surface area contributed by atoms with E-state index in [1.165, 1.54) is 6.92 Å². The Bertz CT molecular complexity index is 941. The highest BCUT2D eigenvalue weighted by Crippen LogP contribution is 2.32. The van der Waals surface area contributed by atoms with E-state index in [4.69, 9.17) is 0 Å². The van der Waals surface area contributed by atoms with Crippen molar-refractivity contribution in [1.82, 2.24) is 9.55 Å². The quantitative estimate of drug-likeness (QED) is 0.465. The van der Waals surface area contributed by atoms with Gasteiger partial charge in [-0.2, -0.15) is 26.3 Å². The van der Waals surface area contributed by atoms with Crippen molar-refractivity contribution in [1.29, 1.82) is 0 Å². The van der Waals surface area contributed by atoms with Gasteiger partial charge >= 0.3 is 12.4 Å². The van der Waals surface area contributed by atoms with Crippen LogP contribution in [-0.4, -0.2) is 20.7 Å². The van der Waals surface area contributed by atoms with E-state index < -0.39 is 51.4 Å². The smallest absolute Gasteiger partial charge is 0.320 e. The topological polar surface area (TPSA) is 90.1 Å². The Morgan fingerprint density at radius 2 is 1.86 bits per heavy atom. The maximum atomic E-state index is 12.9. The number of anilines is 1. The third kappa shape index (κ3) is 4.58. The lowest BCUT2D eigenvalue weighted by atomic mass is 10.2. The fraction of sp³-hybridized carbons (Fsp3) is 0.333. The van der Waals surface area contributed by atoms with Crippen molar-refractivity contribution in [3.8, 4) is 0 Å². The van der Waals surface area contributed by atoms with Crippen LogP contribution in [0.5, 0.6) is 0 Å². The molecule has 0 radical (unpaired) electrons. The molecule has 0 atom stereocenters. The number of hydrogen-bond acceptors (Lipinski definition) is 5. The van der Waals surface area contributed by atoms with Gasteiger partial charge in [-0.1, -0.05) is 6.08 Å². The molecule has 1 aromatic heterocycles. The number of rotatable bonds is 4. The van der Waals surface area contributed by atoms with Crippen LogP contribution in [0.1, 0.15) is 19.0 Å². The highest BCUT2D eigenvalue weighted by molar-refractivity contribution is 5.48. The molecule has 0 saturated heterocycles. The van der Waals surface area contributed by atoms with Crippen LogP contribution in [0, 0.1) is 10.1 Å². The third-order valence-electron chi connectivity index (χ3n) is 3.61. The van der Waals surface area contributed by atoms with Crippen LogP contribution >= 0.6 is 0 Å². The van der Waals surface area contributed by atoms with Crippen LogP contribution < -0.4 is 10.9 Å². The molecule has 0 spiro atoms. The van der Waals surface area contributed by atoms with Crippen LogP contribution in [0.2, 0.25) is 0 Å². The molecule has 1 heterocycles. The van der Waals surface area contributed by atoms with Crippen LogP contribution in [0.4, 0.5) is 32.3 Å². The molecule has 7 nitrogen and oxygen atoms in total. The van der Waals surface area contributed by atoms with Gasteiger partial charge in [0, 0.05) is 18.7 Å². The van der Waals surface area contributed by atoms with Crippen LogP contribution in [-0.2, 0) is 12.7 Å². The Morgan fingerprint density at radius 1 is 1.21 bits per heavy atom. The van der Waals surface area contributed by atoms with E-state index in [2.05, 4.69) is 10.3 Å². The van der Waals surface area contributed by atoms with E-state index in [1.54, 1.807) is 0 Å². The van der Waals surface area contributed by atoms with Gasteiger partial charge in [-0.05, 0) is 19.4 Å². The highest BCUT2D eigenvalue weighted by Gasteiger charge is 2.36.